The molecule has 1 aliphatic carbocycles. The molecule has 4 amide bonds. The Hall–Kier alpha value is -2.51. The van der Waals surface area contributed by atoms with Gasteiger partial charge in [-0.2, -0.15) is 0 Å². The molecule has 0 bridgehead atoms. The lowest BCUT2D eigenvalue weighted by Gasteiger charge is -2.20. The Bertz CT molecular complexity index is 685. The molecule has 1 aromatic carbocycles. The first kappa shape index (κ1) is 15.4. The lowest BCUT2D eigenvalue weighted by atomic mass is 9.96. The number of nitrogens with one attached hydrogen (secondary N) is 2. The molecule has 1 aliphatic heterocycles. The second kappa shape index (κ2) is 5.29. The number of hydrogen-bond acceptors (Lipinski definition) is 3. The Morgan fingerprint density at radius 3 is 2.48 bits per heavy atom. The van der Waals surface area contributed by atoms with E-state index in [0.717, 1.165) is 29.9 Å². The third kappa shape index (κ3) is 2.88. The minimum atomic E-state index is -0.970. The number of carbonyl (C=O) groups excluding carboxylic acids is 3. The Balaban J connectivity index is 1.68. The van der Waals surface area contributed by atoms with Crippen LogP contribution in [0.15, 0.2) is 18.2 Å². The highest BCUT2D eigenvalue weighted by Crippen LogP contribution is 2.42. The van der Waals surface area contributed by atoms with E-state index in [1.54, 1.807) is 6.92 Å². The van der Waals surface area contributed by atoms with Crippen molar-refractivity contribution in [2.75, 3.05) is 11.9 Å². The quantitative estimate of drug-likeness (QED) is 0.827. The second-order valence-electron chi connectivity index (χ2n) is 6.00. The summed E-state index contributed by atoms with van der Waals surface area (Å²) in [6.45, 7) is 1.13. The minimum absolute atomic E-state index is 0.0792. The summed E-state index contributed by atoms with van der Waals surface area (Å²) >= 11 is 0. The van der Waals surface area contributed by atoms with Crippen molar-refractivity contribution in [3.8, 4) is 0 Å². The van der Waals surface area contributed by atoms with Gasteiger partial charge in [-0.05, 0) is 37.8 Å². The van der Waals surface area contributed by atoms with E-state index in [-0.39, 0.29) is 11.6 Å². The van der Waals surface area contributed by atoms with Gasteiger partial charge in [-0.3, -0.25) is 14.5 Å². The van der Waals surface area contributed by atoms with Gasteiger partial charge in [0.1, 0.15) is 23.7 Å². The van der Waals surface area contributed by atoms with Gasteiger partial charge in [-0.1, -0.05) is 0 Å². The van der Waals surface area contributed by atoms with Crippen LogP contribution in [0.25, 0.3) is 0 Å². The van der Waals surface area contributed by atoms with Gasteiger partial charge in [-0.25, -0.2) is 13.6 Å². The molecule has 3 rings (SSSR count). The maximum Gasteiger partial charge on any atom is 0.325 e. The molecule has 1 aromatic rings. The molecule has 1 saturated heterocycles. The van der Waals surface area contributed by atoms with Crippen molar-refractivity contribution in [1.82, 2.24) is 10.2 Å². The topological polar surface area (TPSA) is 78.5 Å². The van der Waals surface area contributed by atoms with Gasteiger partial charge in [0.15, 0.2) is 0 Å². The maximum absolute atomic E-state index is 13.1. The third-order valence-electron chi connectivity index (χ3n) is 4.14. The third-order valence-corrected chi connectivity index (χ3v) is 4.14. The first-order valence-corrected chi connectivity index (χ1v) is 7.19. The number of amides is 4. The van der Waals surface area contributed by atoms with E-state index in [0.29, 0.717) is 6.07 Å². The van der Waals surface area contributed by atoms with E-state index >= 15 is 0 Å². The second-order valence-corrected chi connectivity index (χ2v) is 6.00. The zero-order valence-corrected chi connectivity index (χ0v) is 12.4. The zero-order chi connectivity index (χ0) is 16.8. The van der Waals surface area contributed by atoms with Crippen molar-refractivity contribution in [2.24, 2.45) is 5.92 Å². The molecular weight excluding hydrogens is 308 g/mol. The summed E-state index contributed by atoms with van der Waals surface area (Å²) in [5, 5.41) is 4.89. The fourth-order valence-corrected chi connectivity index (χ4v) is 2.77. The van der Waals surface area contributed by atoms with Crippen LogP contribution in [0.2, 0.25) is 0 Å². The van der Waals surface area contributed by atoms with Crippen molar-refractivity contribution in [2.45, 2.75) is 25.3 Å². The monoisotopic (exact) mass is 323 g/mol. The molecule has 0 aromatic heterocycles. The number of benzene rings is 1. The largest absolute Gasteiger partial charge is 0.325 e. The normalized spacial score (nSPS) is 23.9. The van der Waals surface area contributed by atoms with Gasteiger partial charge in [0.2, 0.25) is 5.91 Å². The molecular formula is C15H15F2N3O3. The number of imide groups is 1. The molecule has 23 heavy (non-hydrogen) atoms. The molecule has 122 valence electrons. The number of halogens is 2. The standard InChI is InChI=1S/C15H15F2N3O3/c1-15(8-2-3-8)13(22)20(14(23)19-15)7-12(21)18-11-5-9(16)4-10(17)6-11/h4-6,8H,2-3,7H2,1H3,(H,18,21)(H,19,23)/t15-/m1/s1. The molecule has 0 radical (unpaired) electrons. The molecule has 2 N–H and O–H groups in total. The van der Waals surface area contributed by atoms with Gasteiger partial charge in [0.25, 0.3) is 5.91 Å². The van der Waals surface area contributed by atoms with Crippen LogP contribution in [0.5, 0.6) is 0 Å². The number of hydrogen-bond donors (Lipinski definition) is 2. The Morgan fingerprint density at radius 1 is 1.30 bits per heavy atom. The highest BCUT2D eigenvalue weighted by atomic mass is 19.1. The highest BCUT2D eigenvalue weighted by Gasteiger charge is 2.56. The van der Waals surface area contributed by atoms with Gasteiger partial charge >= 0.3 is 6.03 Å². The molecule has 1 saturated carbocycles. The van der Waals surface area contributed by atoms with E-state index in [1.165, 1.54) is 0 Å². The number of carbonyl (C=O) groups is 3. The molecule has 6 nitrogen and oxygen atoms in total. The summed E-state index contributed by atoms with van der Waals surface area (Å²) in [5.41, 5.74) is -1.05. The van der Waals surface area contributed by atoms with Crippen LogP contribution in [-0.4, -0.2) is 34.8 Å². The van der Waals surface area contributed by atoms with Crippen molar-refractivity contribution >= 4 is 23.5 Å². The Labute approximate surface area is 130 Å². The summed E-state index contributed by atoms with van der Waals surface area (Å²) in [7, 11) is 0. The Morgan fingerprint density at radius 2 is 1.91 bits per heavy atom. The van der Waals surface area contributed by atoms with Crippen molar-refractivity contribution < 1.29 is 23.2 Å². The zero-order valence-electron chi connectivity index (χ0n) is 12.4. The molecule has 2 aliphatic rings. The minimum Gasteiger partial charge on any atom is -0.324 e. The lowest BCUT2D eigenvalue weighted by Crippen LogP contribution is -2.46. The SMILES string of the molecule is C[C@]1(C2CC2)NC(=O)N(CC(=O)Nc2cc(F)cc(F)c2)C1=O. The summed E-state index contributed by atoms with van der Waals surface area (Å²) in [5.74, 6) is -2.75. The van der Waals surface area contributed by atoms with Crippen LogP contribution in [-0.2, 0) is 9.59 Å². The average Bonchev–Trinajstić information content (AvgIpc) is 3.24. The Kier molecular flexibility index (Phi) is 3.54. The van der Waals surface area contributed by atoms with Crippen LogP contribution in [0, 0.1) is 17.6 Å². The molecule has 8 heteroatoms. The number of anilines is 1. The highest BCUT2D eigenvalue weighted by molar-refractivity contribution is 6.10. The van der Waals surface area contributed by atoms with E-state index in [2.05, 4.69) is 10.6 Å². The predicted molar refractivity (Wildman–Crippen MR) is 76.4 cm³/mol. The number of nitrogens with zero attached hydrogens (tertiary/aromatic N) is 1. The maximum atomic E-state index is 13.1. The van der Waals surface area contributed by atoms with E-state index in [1.807, 2.05) is 0 Å². The predicted octanol–water partition coefficient (Wildman–Crippen LogP) is 1.62. The van der Waals surface area contributed by atoms with Gasteiger partial charge in [0.05, 0.1) is 0 Å². The number of urea groups is 1. The van der Waals surface area contributed by atoms with Crippen molar-refractivity contribution in [1.29, 1.82) is 0 Å². The fraction of sp³-hybridized carbons (Fsp3) is 0.400. The molecule has 0 unspecified atom stereocenters. The van der Waals surface area contributed by atoms with Crippen LogP contribution in [0.4, 0.5) is 19.3 Å². The van der Waals surface area contributed by atoms with Gasteiger partial charge in [0, 0.05) is 11.8 Å². The first-order valence-electron chi connectivity index (χ1n) is 7.19. The summed E-state index contributed by atoms with van der Waals surface area (Å²) in [4.78, 5) is 37.1. The molecule has 1 heterocycles. The smallest absolute Gasteiger partial charge is 0.324 e. The molecule has 0 spiro atoms. The average molecular weight is 323 g/mol. The summed E-state index contributed by atoms with van der Waals surface area (Å²) in [6, 6.07) is 1.93. The van der Waals surface area contributed by atoms with Crippen molar-refractivity contribution in [3.63, 3.8) is 0 Å². The van der Waals surface area contributed by atoms with Gasteiger partial charge < -0.3 is 10.6 Å². The fourth-order valence-electron chi connectivity index (χ4n) is 2.77. The molecule has 2 fully saturated rings. The van der Waals surface area contributed by atoms with E-state index in [9.17, 15) is 23.2 Å². The summed E-state index contributed by atoms with van der Waals surface area (Å²) in [6.07, 6.45) is 1.70. The van der Waals surface area contributed by atoms with E-state index < -0.39 is 41.6 Å². The lowest BCUT2D eigenvalue weighted by molar-refractivity contribution is -0.134. The van der Waals surface area contributed by atoms with Crippen LogP contribution >= 0.6 is 0 Å². The van der Waals surface area contributed by atoms with Crippen LogP contribution < -0.4 is 10.6 Å². The van der Waals surface area contributed by atoms with E-state index in [4.69, 9.17) is 0 Å². The number of rotatable bonds is 4. The summed E-state index contributed by atoms with van der Waals surface area (Å²) < 4.78 is 26.2. The first-order chi connectivity index (χ1) is 10.8. The van der Waals surface area contributed by atoms with Crippen LogP contribution in [0.3, 0.4) is 0 Å². The van der Waals surface area contributed by atoms with Crippen molar-refractivity contribution in [3.05, 3.63) is 29.8 Å². The van der Waals surface area contributed by atoms with Gasteiger partial charge in [-0.15, -0.1) is 0 Å². The van der Waals surface area contributed by atoms with Crippen LogP contribution in [0.1, 0.15) is 19.8 Å². The molecule has 1 atom stereocenters.